The Labute approximate surface area is 174 Å². The number of rotatable bonds is 6. The third kappa shape index (κ3) is 5.18. The predicted molar refractivity (Wildman–Crippen MR) is 120 cm³/mol. The number of hydrogen-bond donors (Lipinski definition) is 0. The Hall–Kier alpha value is -0.873. The molecule has 0 aromatic carbocycles. The van der Waals surface area contributed by atoms with E-state index < -0.39 is 8.32 Å². The van der Waals surface area contributed by atoms with Gasteiger partial charge >= 0.3 is 5.97 Å². The van der Waals surface area contributed by atoms with Gasteiger partial charge in [0.25, 0.3) is 0 Å². The molecule has 0 aromatic heterocycles. The molecule has 0 unspecified atom stereocenters. The van der Waals surface area contributed by atoms with E-state index in [1.165, 1.54) is 5.57 Å². The maximum atomic E-state index is 12.6. The topological polar surface area (TPSA) is 35.5 Å². The van der Waals surface area contributed by atoms with Gasteiger partial charge in [0.2, 0.25) is 0 Å². The predicted octanol–water partition coefficient (Wildman–Crippen LogP) is 6.37. The molecule has 2 aliphatic rings. The van der Waals surface area contributed by atoms with Gasteiger partial charge in [0.1, 0.15) is 6.10 Å². The van der Waals surface area contributed by atoms with E-state index in [1.807, 2.05) is 13.8 Å². The highest BCUT2D eigenvalue weighted by atomic mass is 28.4. The zero-order valence-corrected chi connectivity index (χ0v) is 20.5. The molecule has 0 aromatic rings. The largest absolute Gasteiger partial charge is 0.461 e. The van der Waals surface area contributed by atoms with E-state index in [4.69, 9.17) is 9.16 Å². The second-order valence-electron chi connectivity index (χ2n) is 10.6. The molecule has 28 heavy (non-hydrogen) atoms. The molecule has 0 heterocycles. The number of esters is 1. The Bertz CT molecular complexity index is 614. The van der Waals surface area contributed by atoms with Crippen LogP contribution in [0.15, 0.2) is 23.8 Å². The van der Waals surface area contributed by atoms with Crippen molar-refractivity contribution in [3.05, 3.63) is 23.8 Å². The van der Waals surface area contributed by atoms with E-state index in [9.17, 15) is 4.79 Å². The lowest BCUT2D eigenvalue weighted by atomic mass is 9.67. The minimum Gasteiger partial charge on any atom is -0.461 e. The van der Waals surface area contributed by atoms with Gasteiger partial charge in [-0.1, -0.05) is 66.7 Å². The molecule has 6 atom stereocenters. The van der Waals surface area contributed by atoms with E-state index in [-0.39, 0.29) is 28.9 Å². The van der Waals surface area contributed by atoms with Gasteiger partial charge in [-0.05, 0) is 54.3 Å². The molecule has 0 amide bonds. The third-order valence-corrected chi connectivity index (χ3v) is 11.8. The van der Waals surface area contributed by atoms with Crippen molar-refractivity contribution in [2.75, 3.05) is 6.61 Å². The number of carbonyl (C=O) groups is 1. The van der Waals surface area contributed by atoms with Crippen LogP contribution in [0.3, 0.4) is 0 Å². The Balaban J connectivity index is 2.25. The van der Waals surface area contributed by atoms with Gasteiger partial charge in [0, 0.05) is 12.5 Å². The fourth-order valence-corrected chi connectivity index (χ4v) is 5.03. The van der Waals surface area contributed by atoms with Crippen LogP contribution in [0.5, 0.6) is 0 Å². The quantitative estimate of drug-likeness (QED) is 0.380. The number of hydrogen-bond acceptors (Lipinski definition) is 3. The van der Waals surface area contributed by atoms with Gasteiger partial charge in [-0.15, -0.1) is 0 Å². The van der Waals surface area contributed by atoms with Crippen LogP contribution >= 0.6 is 0 Å². The molecule has 0 saturated heterocycles. The Kier molecular flexibility index (Phi) is 7.41. The van der Waals surface area contributed by atoms with Crippen molar-refractivity contribution < 1.29 is 14.0 Å². The number of fused-ring (bicyclic) bond motifs is 1. The van der Waals surface area contributed by atoms with E-state index in [2.05, 4.69) is 65.9 Å². The van der Waals surface area contributed by atoms with Crippen molar-refractivity contribution in [1.82, 2.24) is 0 Å². The van der Waals surface area contributed by atoms with Crippen molar-refractivity contribution >= 4 is 14.3 Å². The molecule has 4 heteroatoms. The number of carbonyl (C=O) groups excluding carboxylic acids is 1. The molecule has 3 nitrogen and oxygen atoms in total. The highest BCUT2D eigenvalue weighted by Gasteiger charge is 2.44. The molecular formula is C24H42O3Si. The molecule has 0 radical (unpaired) electrons. The van der Waals surface area contributed by atoms with Crippen molar-refractivity contribution in [1.29, 1.82) is 0 Å². The summed E-state index contributed by atoms with van der Waals surface area (Å²) in [5.41, 5.74) is 1.34. The van der Waals surface area contributed by atoms with Crippen LogP contribution in [0.2, 0.25) is 18.1 Å². The lowest BCUT2D eigenvalue weighted by Crippen LogP contribution is -2.47. The van der Waals surface area contributed by atoms with Gasteiger partial charge < -0.3 is 9.16 Å². The zero-order chi connectivity index (χ0) is 21.3. The SMILES string of the molecule is CC[C@H](C)C(=O)O[C@H]1C[C@H](C)C=C2C=C[C@H](C)[C@H](CO[Si](C)(C)C(C)(C)C)[C@H]21. The highest BCUT2D eigenvalue weighted by Crippen LogP contribution is 2.44. The Morgan fingerprint density at radius 2 is 1.93 bits per heavy atom. The first-order chi connectivity index (χ1) is 12.9. The molecule has 2 rings (SSSR count). The summed E-state index contributed by atoms with van der Waals surface area (Å²) in [5, 5.41) is 0.197. The van der Waals surface area contributed by atoms with Gasteiger partial charge in [-0.25, -0.2) is 0 Å². The second-order valence-corrected chi connectivity index (χ2v) is 15.5. The smallest absolute Gasteiger partial charge is 0.308 e. The average Bonchev–Trinajstić information content (AvgIpc) is 2.59. The molecule has 0 bridgehead atoms. The normalized spacial score (nSPS) is 31.8. The van der Waals surface area contributed by atoms with Crippen LogP contribution in [0, 0.1) is 29.6 Å². The molecule has 0 spiro atoms. The summed E-state index contributed by atoms with van der Waals surface area (Å²) in [5.74, 6) is 1.36. The summed E-state index contributed by atoms with van der Waals surface area (Å²) in [6, 6.07) is 0. The first-order valence-corrected chi connectivity index (χ1v) is 14.0. The van der Waals surface area contributed by atoms with Crippen molar-refractivity contribution in [2.24, 2.45) is 29.6 Å². The lowest BCUT2D eigenvalue weighted by molar-refractivity contribution is -0.158. The van der Waals surface area contributed by atoms with Crippen LogP contribution in [0.25, 0.3) is 0 Å². The summed E-state index contributed by atoms with van der Waals surface area (Å²) in [4.78, 5) is 12.6. The molecule has 160 valence electrons. The minimum absolute atomic E-state index is 0.0388. The Morgan fingerprint density at radius 3 is 2.50 bits per heavy atom. The monoisotopic (exact) mass is 406 g/mol. The fraction of sp³-hybridized carbons (Fsp3) is 0.792. The number of allylic oxidation sites excluding steroid dienone is 3. The standard InChI is InChI=1S/C24H42O3Si/c1-10-17(3)23(25)27-21-14-16(2)13-19-12-11-18(4)20(22(19)21)15-26-28(8,9)24(5,6)7/h11-13,16-18,20-22H,10,14-15H2,1-9H3/t16-,17+,18+,20+,21+,22+/m1/s1. The molecule has 0 aliphatic heterocycles. The van der Waals surface area contributed by atoms with E-state index in [1.54, 1.807) is 0 Å². The number of ether oxygens (including phenoxy) is 1. The van der Waals surface area contributed by atoms with E-state index >= 15 is 0 Å². The van der Waals surface area contributed by atoms with Crippen LogP contribution < -0.4 is 0 Å². The summed E-state index contributed by atoms with van der Waals surface area (Å²) in [7, 11) is -1.82. The maximum absolute atomic E-state index is 12.6. The average molecular weight is 407 g/mol. The van der Waals surface area contributed by atoms with Gasteiger partial charge in [-0.2, -0.15) is 0 Å². The van der Waals surface area contributed by atoms with Gasteiger partial charge in [0.15, 0.2) is 8.32 Å². The van der Waals surface area contributed by atoms with Crippen molar-refractivity contribution in [3.63, 3.8) is 0 Å². The molecule has 0 fully saturated rings. The van der Waals surface area contributed by atoms with Crippen molar-refractivity contribution in [2.45, 2.75) is 85.5 Å². The van der Waals surface area contributed by atoms with E-state index in [0.717, 1.165) is 19.4 Å². The summed E-state index contributed by atoms with van der Waals surface area (Å²) >= 11 is 0. The zero-order valence-electron chi connectivity index (χ0n) is 19.5. The van der Waals surface area contributed by atoms with Gasteiger partial charge in [-0.3, -0.25) is 4.79 Å². The molecule has 0 saturated carbocycles. The summed E-state index contributed by atoms with van der Waals surface area (Å²) < 4.78 is 12.7. The third-order valence-electron chi connectivity index (χ3n) is 7.32. The minimum atomic E-state index is -1.82. The first kappa shape index (κ1) is 23.4. The Morgan fingerprint density at radius 1 is 1.29 bits per heavy atom. The fourth-order valence-electron chi connectivity index (χ4n) is 3.99. The van der Waals surface area contributed by atoms with Crippen LogP contribution in [-0.4, -0.2) is 27.0 Å². The van der Waals surface area contributed by atoms with Crippen LogP contribution in [0.1, 0.15) is 61.3 Å². The first-order valence-electron chi connectivity index (χ1n) is 11.1. The van der Waals surface area contributed by atoms with Gasteiger partial charge in [0.05, 0.1) is 5.92 Å². The van der Waals surface area contributed by atoms with Crippen molar-refractivity contribution in [3.8, 4) is 0 Å². The second kappa shape index (κ2) is 8.87. The lowest BCUT2D eigenvalue weighted by Gasteiger charge is -2.45. The maximum Gasteiger partial charge on any atom is 0.308 e. The summed E-state index contributed by atoms with van der Waals surface area (Å²) in [6.45, 7) is 20.7. The molecule has 0 N–H and O–H groups in total. The van der Waals surface area contributed by atoms with E-state index in [0.29, 0.717) is 17.8 Å². The van der Waals surface area contributed by atoms with Crippen LogP contribution in [-0.2, 0) is 14.0 Å². The molecular weight excluding hydrogens is 364 g/mol. The highest BCUT2D eigenvalue weighted by molar-refractivity contribution is 6.74. The molecule has 2 aliphatic carbocycles. The van der Waals surface area contributed by atoms with Crippen LogP contribution in [0.4, 0.5) is 0 Å². The summed E-state index contributed by atoms with van der Waals surface area (Å²) in [6.07, 6.45) is 8.64.